The molecule has 1 heterocycles. The van der Waals surface area contributed by atoms with Gasteiger partial charge in [-0.15, -0.1) is 0 Å². The van der Waals surface area contributed by atoms with Crippen molar-refractivity contribution in [2.45, 2.75) is 63.6 Å². The molecule has 1 aromatic heterocycles. The first-order chi connectivity index (χ1) is 14.7. The molecule has 172 valence electrons. The van der Waals surface area contributed by atoms with Gasteiger partial charge in [0.05, 0.1) is 0 Å². The van der Waals surface area contributed by atoms with Crippen LogP contribution in [0.5, 0.6) is 5.75 Å². The van der Waals surface area contributed by atoms with Gasteiger partial charge in [-0.25, -0.2) is 0 Å². The summed E-state index contributed by atoms with van der Waals surface area (Å²) in [5.41, 5.74) is -1.12. The lowest BCUT2D eigenvalue weighted by Gasteiger charge is -2.21. The monoisotopic (exact) mass is 468 g/mol. The van der Waals surface area contributed by atoms with E-state index >= 15 is 0 Å². The number of benzene rings is 1. The number of rotatable bonds is 6. The fraction of sp³-hybridized carbons (Fsp3) is 0.435. The van der Waals surface area contributed by atoms with E-state index in [1.165, 1.54) is 24.4 Å². The van der Waals surface area contributed by atoms with Gasteiger partial charge in [-0.1, -0.05) is 32.4 Å². The summed E-state index contributed by atoms with van der Waals surface area (Å²) in [6.45, 7) is 5.79. The third-order valence-electron chi connectivity index (χ3n) is 5.46. The van der Waals surface area contributed by atoms with Crippen LogP contribution in [0.4, 0.5) is 13.2 Å². The van der Waals surface area contributed by atoms with Crippen molar-refractivity contribution < 1.29 is 27.9 Å². The number of hydrogen-bond acceptors (Lipinski definition) is 4. The number of ketones is 1. The Morgan fingerprint density at radius 2 is 1.81 bits per heavy atom. The summed E-state index contributed by atoms with van der Waals surface area (Å²) < 4.78 is 39.2. The van der Waals surface area contributed by atoms with Gasteiger partial charge in [0.25, 0.3) is 5.91 Å². The Labute approximate surface area is 189 Å². The highest BCUT2D eigenvalue weighted by Crippen LogP contribution is 2.49. The molecular weight excluding hydrogens is 445 g/mol. The molecular formula is C23H24ClF3N2O3. The highest BCUT2D eigenvalue weighted by Gasteiger charge is 2.64. The third-order valence-corrected chi connectivity index (χ3v) is 5.82. The van der Waals surface area contributed by atoms with Crippen molar-refractivity contribution in [2.24, 2.45) is 0 Å². The standard InChI is InChI=1S/C23H24ClF3N2O3/c1-21(2,3)16-12-17(24)14(11-19(16)31)10-15(30)8-13-4-7-28-18(9-13)20(32)29-22(5-6-22)23(25,26)27/h4,7,9,11-12,31H,5-6,8,10H2,1-3H3,(H,29,32). The number of aromatic nitrogens is 1. The quantitative estimate of drug-likeness (QED) is 0.631. The Bertz CT molecular complexity index is 1060. The van der Waals surface area contributed by atoms with Gasteiger partial charge >= 0.3 is 6.18 Å². The van der Waals surface area contributed by atoms with Crippen LogP contribution < -0.4 is 5.32 Å². The van der Waals surface area contributed by atoms with Gasteiger partial charge in [-0.3, -0.25) is 14.6 Å². The number of carbonyl (C=O) groups excluding carboxylic acids is 2. The summed E-state index contributed by atoms with van der Waals surface area (Å²) in [7, 11) is 0. The minimum absolute atomic E-state index is 0.0438. The van der Waals surface area contributed by atoms with Gasteiger partial charge in [0, 0.05) is 29.6 Å². The van der Waals surface area contributed by atoms with Crippen molar-refractivity contribution in [3.05, 3.63) is 57.9 Å². The Morgan fingerprint density at radius 1 is 1.16 bits per heavy atom. The topological polar surface area (TPSA) is 79.3 Å². The van der Waals surface area contributed by atoms with E-state index in [2.05, 4.69) is 4.98 Å². The van der Waals surface area contributed by atoms with Crippen molar-refractivity contribution in [1.29, 1.82) is 0 Å². The molecule has 0 radical (unpaired) electrons. The molecule has 2 N–H and O–H groups in total. The van der Waals surface area contributed by atoms with Crippen molar-refractivity contribution >= 4 is 23.3 Å². The highest BCUT2D eigenvalue weighted by atomic mass is 35.5. The summed E-state index contributed by atoms with van der Waals surface area (Å²) >= 11 is 6.31. The van der Waals surface area contributed by atoms with Crippen LogP contribution in [-0.2, 0) is 23.1 Å². The number of carbonyl (C=O) groups is 2. The minimum Gasteiger partial charge on any atom is -0.508 e. The molecule has 1 saturated carbocycles. The van der Waals surface area contributed by atoms with Crippen LogP contribution in [0.25, 0.3) is 0 Å². The van der Waals surface area contributed by atoms with Crippen molar-refractivity contribution in [3.8, 4) is 5.75 Å². The predicted octanol–water partition coefficient (Wildman–Crippen LogP) is 4.92. The molecule has 0 spiro atoms. The van der Waals surface area contributed by atoms with Gasteiger partial charge < -0.3 is 10.4 Å². The third kappa shape index (κ3) is 5.23. The molecule has 0 unspecified atom stereocenters. The Kier molecular flexibility index (Phi) is 6.30. The van der Waals surface area contributed by atoms with E-state index < -0.39 is 17.6 Å². The van der Waals surface area contributed by atoms with Gasteiger partial charge in [-0.2, -0.15) is 13.2 Å². The molecule has 32 heavy (non-hydrogen) atoms. The van der Waals surface area contributed by atoms with Crippen LogP contribution in [0.1, 0.15) is 60.8 Å². The molecule has 9 heteroatoms. The molecule has 1 amide bonds. The van der Waals surface area contributed by atoms with Crippen molar-refractivity contribution in [2.75, 3.05) is 0 Å². The molecule has 1 aliphatic rings. The zero-order valence-electron chi connectivity index (χ0n) is 17.9. The van der Waals surface area contributed by atoms with Crippen LogP contribution in [0, 0.1) is 0 Å². The lowest BCUT2D eigenvalue weighted by atomic mass is 9.85. The number of hydrogen-bond donors (Lipinski definition) is 2. The van der Waals surface area contributed by atoms with Crippen LogP contribution >= 0.6 is 11.6 Å². The summed E-state index contributed by atoms with van der Waals surface area (Å²) in [5, 5.41) is 12.7. The number of phenolic OH excluding ortho intramolecular Hbond substituents is 1. The van der Waals surface area contributed by atoms with E-state index in [0.717, 1.165) is 0 Å². The molecule has 1 aliphatic carbocycles. The molecule has 1 aromatic carbocycles. The maximum absolute atomic E-state index is 13.1. The second-order valence-electron chi connectivity index (χ2n) is 9.19. The molecule has 2 aromatic rings. The lowest BCUT2D eigenvalue weighted by molar-refractivity contribution is -0.163. The summed E-state index contributed by atoms with van der Waals surface area (Å²) in [6, 6.07) is 5.94. The van der Waals surface area contributed by atoms with Crippen LogP contribution in [0.15, 0.2) is 30.5 Å². The van der Waals surface area contributed by atoms with Crippen LogP contribution in [0.3, 0.4) is 0 Å². The number of amides is 1. The van der Waals surface area contributed by atoms with Crippen LogP contribution in [-0.4, -0.2) is 33.5 Å². The average Bonchev–Trinajstić information content (AvgIpc) is 3.44. The predicted molar refractivity (Wildman–Crippen MR) is 114 cm³/mol. The first-order valence-corrected chi connectivity index (χ1v) is 10.5. The van der Waals surface area contributed by atoms with Crippen molar-refractivity contribution in [1.82, 2.24) is 10.3 Å². The maximum atomic E-state index is 13.1. The van der Waals surface area contributed by atoms with E-state index in [-0.39, 0.29) is 48.3 Å². The molecule has 3 rings (SSSR count). The second kappa shape index (κ2) is 8.39. The zero-order valence-corrected chi connectivity index (χ0v) is 18.7. The first-order valence-electron chi connectivity index (χ1n) is 10.1. The minimum atomic E-state index is -4.52. The van der Waals surface area contributed by atoms with E-state index in [1.807, 2.05) is 26.1 Å². The zero-order chi connectivity index (χ0) is 23.9. The Morgan fingerprint density at radius 3 is 2.38 bits per heavy atom. The van der Waals surface area contributed by atoms with Gasteiger partial charge in [0.1, 0.15) is 22.8 Å². The van der Waals surface area contributed by atoms with E-state index in [4.69, 9.17) is 11.6 Å². The fourth-order valence-corrected chi connectivity index (χ4v) is 3.67. The molecule has 0 aliphatic heterocycles. The number of aromatic hydroxyl groups is 1. The molecule has 0 atom stereocenters. The second-order valence-corrected chi connectivity index (χ2v) is 9.59. The summed E-state index contributed by atoms with van der Waals surface area (Å²) in [6.07, 6.45) is -3.68. The maximum Gasteiger partial charge on any atom is 0.411 e. The lowest BCUT2D eigenvalue weighted by Crippen LogP contribution is -2.48. The number of nitrogens with one attached hydrogen (secondary N) is 1. The Hall–Kier alpha value is -2.61. The smallest absolute Gasteiger partial charge is 0.411 e. The van der Waals surface area contributed by atoms with Crippen molar-refractivity contribution in [3.63, 3.8) is 0 Å². The van der Waals surface area contributed by atoms with Gasteiger partial charge in [0.2, 0.25) is 0 Å². The molecule has 0 saturated heterocycles. The highest BCUT2D eigenvalue weighted by molar-refractivity contribution is 6.31. The molecule has 0 bridgehead atoms. The van der Waals surface area contributed by atoms with E-state index in [1.54, 1.807) is 6.07 Å². The SMILES string of the molecule is CC(C)(C)c1cc(Cl)c(CC(=O)Cc2ccnc(C(=O)NC3(C(F)(F)F)CC3)c2)cc1O. The van der Waals surface area contributed by atoms with E-state index in [0.29, 0.717) is 21.7 Å². The summed E-state index contributed by atoms with van der Waals surface area (Å²) in [5.74, 6) is -1.12. The van der Waals surface area contributed by atoms with E-state index in [9.17, 15) is 27.9 Å². The largest absolute Gasteiger partial charge is 0.508 e. The number of Topliss-reactive ketones (excluding diaryl/α,β-unsaturated/α-hetero) is 1. The number of halogens is 4. The number of pyridine rings is 1. The number of nitrogens with zero attached hydrogens (tertiary/aromatic N) is 1. The van der Waals surface area contributed by atoms with Gasteiger partial charge in [0.15, 0.2) is 0 Å². The number of alkyl halides is 3. The molecule has 5 nitrogen and oxygen atoms in total. The van der Waals surface area contributed by atoms with Crippen LogP contribution in [0.2, 0.25) is 5.02 Å². The first kappa shape index (κ1) is 24.0. The average molecular weight is 469 g/mol. The summed E-state index contributed by atoms with van der Waals surface area (Å²) in [4.78, 5) is 28.7. The molecule has 1 fully saturated rings. The normalized spacial score (nSPS) is 15.3. The number of phenols is 1. The fourth-order valence-electron chi connectivity index (χ4n) is 3.44. The Balaban J connectivity index is 1.69. The van der Waals surface area contributed by atoms with Gasteiger partial charge in [-0.05, 0) is 53.6 Å².